The Balaban J connectivity index is 0.000000149. The molecule has 0 radical (unpaired) electrons. The molecule has 0 aromatic carbocycles. The van der Waals surface area contributed by atoms with Crippen LogP contribution in [0.5, 0.6) is 0 Å². The number of H-pyrrole nitrogens is 1. The molecule has 3 aliphatic rings. The minimum absolute atomic E-state index is 0.331. The highest BCUT2D eigenvalue weighted by Gasteiger charge is 2.59. The van der Waals surface area contributed by atoms with Crippen molar-refractivity contribution >= 4 is 22.8 Å². The molecule has 0 bridgehead atoms. The number of aromatic nitrogens is 3. The highest BCUT2D eigenvalue weighted by Crippen LogP contribution is 2.57. The van der Waals surface area contributed by atoms with E-state index in [-0.39, 0.29) is 0 Å². The fourth-order valence-corrected chi connectivity index (χ4v) is 4.78. The molecule has 5 rings (SSSR count). The molecule has 1 saturated carbocycles. The van der Waals surface area contributed by atoms with Crippen LogP contribution in [0.1, 0.15) is 59.4 Å². The van der Waals surface area contributed by atoms with Crippen LogP contribution in [0.25, 0.3) is 5.57 Å². The van der Waals surface area contributed by atoms with E-state index in [0.717, 1.165) is 33.3 Å². The lowest BCUT2D eigenvalue weighted by Crippen LogP contribution is -2.63. The molecule has 3 fully saturated rings. The van der Waals surface area contributed by atoms with Crippen LogP contribution in [0.2, 0.25) is 0 Å². The Morgan fingerprint density at radius 2 is 2.07 bits per heavy atom. The summed E-state index contributed by atoms with van der Waals surface area (Å²) in [5, 5.41) is 9.36. The molecule has 4 heterocycles. The van der Waals surface area contributed by atoms with Crippen molar-refractivity contribution in [1.82, 2.24) is 20.1 Å². The summed E-state index contributed by atoms with van der Waals surface area (Å²) in [4.78, 5) is 17.3. The SMILES string of the molecule is C#C.C1CN2CCC23CCC13.C=C(C)c1nccs1.Cc1[nH]nc(C(N)=O)c1C. The van der Waals surface area contributed by atoms with E-state index < -0.39 is 5.91 Å². The lowest BCUT2D eigenvalue weighted by Gasteiger charge is -2.58. The van der Waals surface area contributed by atoms with E-state index in [4.69, 9.17) is 5.73 Å². The highest BCUT2D eigenvalue weighted by atomic mass is 32.1. The first-order valence-electron chi connectivity index (χ1n) is 9.80. The molecule has 1 spiro atoms. The third kappa shape index (κ3) is 4.77. The molecule has 7 heteroatoms. The molecular formula is C22H31N5OS. The first-order chi connectivity index (χ1) is 13.8. The van der Waals surface area contributed by atoms with E-state index in [1.165, 1.54) is 38.8 Å². The number of carbonyl (C=O) groups is 1. The molecule has 2 aromatic rings. The number of nitrogens with zero attached hydrogens (tertiary/aromatic N) is 3. The van der Waals surface area contributed by atoms with Crippen molar-refractivity contribution in [2.45, 2.75) is 52.0 Å². The van der Waals surface area contributed by atoms with E-state index in [0.29, 0.717) is 5.69 Å². The van der Waals surface area contributed by atoms with Gasteiger partial charge >= 0.3 is 0 Å². The van der Waals surface area contributed by atoms with Crippen LogP contribution in [-0.2, 0) is 0 Å². The number of terminal acetylenes is 1. The van der Waals surface area contributed by atoms with Gasteiger partial charge in [0, 0.05) is 34.9 Å². The quantitative estimate of drug-likeness (QED) is 0.733. The van der Waals surface area contributed by atoms with E-state index >= 15 is 0 Å². The van der Waals surface area contributed by atoms with Gasteiger partial charge in [-0.3, -0.25) is 14.8 Å². The summed E-state index contributed by atoms with van der Waals surface area (Å²) in [6.07, 6.45) is 15.9. The number of hydrogen-bond acceptors (Lipinski definition) is 5. The van der Waals surface area contributed by atoms with Gasteiger partial charge in [0.2, 0.25) is 0 Å². The third-order valence-electron chi connectivity index (χ3n) is 6.16. The predicted octanol–water partition coefficient (Wildman–Crippen LogP) is 3.80. The maximum Gasteiger partial charge on any atom is 0.269 e. The van der Waals surface area contributed by atoms with Crippen LogP contribution in [-0.4, -0.2) is 44.6 Å². The summed E-state index contributed by atoms with van der Waals surface area (Å²) in [6, 6.07) is 0. The van der Waals surface area contributed by atoms with Crippen LogP contribution in [0.4, 0.5) is 0 Å². The Labute approximate surface area is 177 Å². The number of rotatable bonds is 2. The Morgan fingerprint density at radius 1 is 1.34 bits per heavy atom. The van der Waals surface area contributed by atoms with Gasteiger partial charge in [-0.05, 0) is 64.5 Å². The van der Waals surface area contributed by atoms with Gasteiger partial charge in [-0.2, -0.15) is 5.10 Å². The van der Waals surface area contributed by atoms with Crippen LogP contribution in [0.3, 0.4) is 0 Å². The van der Waals surface area contributed by atoms with Crippen molar-refractivity contribution in [3.63, 3.8) is 0 Å². The van der Waals surface area contributed by atoms with Crippen LogP contribution in [0, 0.1) is 32.6 Å². The fraction of sp³-hybridized carbons (Fsp3) is 0.500. The van der Waals surface area contributed by atoms with Gasteiger partial charge < -0.3 is 5.73 Å². The number of nitrogens with two attached hydrogens (primary N) is 1. The van der Waals surface area contributed by atoms with E-state index in [2.05, 4.69) is 39.5 Å². The van der Waals surface area contributed by atoms with Gasteiger partial charge in [-0.15, -0.1) is 24.2 Å². The van der Waals surface area contributed by atoms with Crippen molar-refractivity contribution < 1.29 is 4.79 Å². The molecule has 2 saturated heterocycles. The zero-order valence-corrected chi connectivity index (χ0v) is 18.4. The number of thiazole rings is 1. The van der Waals surface area contributed by atoms with Gasteiger partial charge in [0.25, 0.3) is 5.91 Å². The molecule has 2 aliphatic heterocycles. The average molecular weight is 414 g/mol. The number of allylic oxidation sites excluding steroid dienone is 1. The van der Waals surface area contributed by atoms with Gasteiger partial charge in [0.15, 0.2) is 5.69 Å². The number of hydrogen-bond donors (Lipinski definition) is 2. The predicted molar refractivity (Wildman–Crippen MR) is 120 cm³/mol. The number of primary amides is 1. The zero-order chi connectivity index (χ0) is 21.6. The maximum atomic E-state index is 10.6. The molecule has 156 valence electrons. The summed E-state index contributed by atoms with van der Waals surface area (Å²) >= 11 is 1.62. The first kappa shape index (κ1) is 22.9. The summed E-state index contributed by atoms with van der Waals surface area (Å²) in [6.45, 7) is 12.2. The minimum atomic E-state index is -0.484. The third-order valence-corrected chi connectivity index (χ3v) is 7.10. The lowest BCUT2D eigenvalue weighted by molar-refractivity contribution is -0.0659. The standard InChI is InChI=1S/C8H13N.C6H9N3O.C6H7NS.C2H2/c1-3-8-4-6-9(8)5-2-7(1)8;1-3-4(2)8-9-5(3)6(7)10;1-5(2)6-7-3-4-8-6;1-2/h7H,1-6H2;1-2H3,(H2,7,10)(H,8,9);3-4H,1H2,2H3;1-2H. The second kappa shape index (κ2) is 9.86. The molecular weight excluding hydrogens is 382 g/mol. The van der Waals surface area contributed by atoms with Crippen LogP contribution >= 0.6 is 11.3 Å². The van der Waals surface area contributed by atoms with E-state index in [1.54, 1.807) is 24.5 Å². The molecule has 2 aromatic heterocycles. The lowest BCUT2D eigenvalue weighted by atomic mass is 9.62. The number of carbonyl (C=O) groups excluding carboxylic acids is 1. The molecule has 2 atom stereocenters. The van der Waals surface area contributed by atoms with Gasteiger partial charge in [0.1, 0.15) is 5.01 Å². The van der Waals surface area contributed by atoms with E-state index in [9.17, 15) is 4.79 Å². The number of aryl methyl sites for hydroxylation is 1. The first-order valence-corrected chi connectivity index (χ1v) is 10.7. The molecule has 2 unspecified atom stereocenters. The van der Waals surface area contributed by atoms with Crippen molar-refractivity contribution in [2.24, 2.45) is 11.7 Å². The monoisotopic (exact) mass is 413 g/mol. The Hall–Kier alpha value is -2.43. The molecule has 6 nitrogen and oxygen atoms in total. The van der Waals surface area contributed by atoms with Crippen molar-refractivity contribution in [3.8, 4) is 12.8 Å². The summed E-state index contributed by atoms with van der Waals surface area (Å²) in [5.41, 5.74) is 8.89. The molecule has 29 heavy (non-hydrogen) atoms. The maximum absolute atomic E-state index is 10.6. The average Bonchev–Trinajstić information content (AvgIpc) is 3.34. The van der Waals surface area contributed by atoms with Crippen molar-refractivity contribution in [1.29, 1.82) is 0 Å². The molecule has 1 aliphatic carbocycles. The van der Waals surface area contributed by atoms with Crippen molar-refractivity contribution in [2.75, 3.05) is 13.1 Å². The Morgan fingerprint density at radius 3 is 2.31 bits per heavy atom. The van der Waals surface area contributed by atoms with E-state index in [1.807, 2.05) is 19.2 Å². The highest BCUT2D eigenvalue weighted by molar-refractivity contribution is 7.10. The second-order valence-electron chi connectivity index (χ2n) is 7.67. The summed E-state index contributed by atoms with van der Waals surface area (Å²) in [5.74, 6) is 0.646. The van der Waals surface area contributed by atoms with Crippen LogP contribution < -0.4 is 5.73 Å². The molecule has 3 N–H and O–H groups in total. The van der Waals surface area contributed by atoms with Crippen molar-refractivity contribution in [3.05, 3.63) is 40.1 Å². The molecule has 1 amide bonds. The number of aromatic amines is 1. The Kier molecular flexibility index (Phi) is 7.77. The summed E-state index contributed by atoms with van der Waals surface area (Å²) < 4.78 is 0. The Bertz CT molecular complexity index is 834. The summed E-state index contributed by atoms with van der Waals surface area (Å²) in [7, 11) is 0. The van der Waals surface area contributed by atoms with Gasteiger partial charge in [-0.1, -0.05) is 6.58 Å². The zero-order valence-electron chi connectivity index (χ0n) is 17.6. The topological polar surface area (TPSA) is 87.9 Å². The minimum Gasteiger partial charge on any atom is -0.364 e. The number of nitrogens with one attached hydrogen (secondary N) is 1. The van der Waals surface area contributed by atoms with Gasteiger partial charge in [0.05, 0.1) is 0 Å². The number of amides is 1. The fourth-order valence-electron chi connectivity index (χ4n) is 4.20. The van der Waals surface area contributed by atoms with Gasteiger partial charge in [-0.25, -0.2) is 4.98 Å². The second-order valence-corrected chi connectivity index (χ2v) is 8.56. The largest absolute Gasteiger partial charge is 0.364 e. The smallest absolute Gasteiger partial charge is 0.269 e. The normalized spacial score (nSPS) is 23.1. The van der Waals surface area contributed by atoms with Crippen LogP contribution in [0.15, 0.2) is 18.2 Å².